The first-order chi connectivity index (χ1) is 9.65. The minimum atomic E-state index is 0.615. The van der Waals surface area contributed by atoms with Crippen molar-refractivity contribution in [1.82, 2.24) is 9.38 Å². The number of aryl methyl sites for hydroxylation is 1. The molecule has 1 N–H and O–H groups in total. The Hall–Kier alpha value is -1.71. The van der Waals surface area contributed by atoms with E-state index in [1.165, 1.54) is 0 Å². The zero-order valence-corrected chi connectivity index (χ0v) is 12.4. The maximum absolute atomic E-state index is 6.16. The number of nitrogens with zero attached hydrogens (tertiary/aromatic N) is 2. The van der Waals surface area contributed by atoms with Crippen LogP contribution in [0.15, 0.2) is 42.6 Å². The van der Waals surface area contributed by atoms with E-state index in [9.17, 15) is 0 Å². The van der Waals surface area contributed by atoms with Crippen LogP contribution in [0.25, 0.3) is 5.65 Å². The van der Waals surface area contributed by atoms with E-state index in [4.69, 9.17) is 23.2 Å². The molecule has 2 heterocycles. The number of imidazole rings is 1. The highest BCUT2D eigenvalue weighted by Crippen LogP contribution is 2.26. The zero-order chi connectivity index (χ0) is 14.1. The summed E-state index contributed by atoms with van der Waals surface area (Å²) < 4.78 is 2.08. The maximum atomic E-state index is 6.16. The van der Waals surface area contributed by atoms with Crippen LogP contribution in [0.4, 0.5) is 5.69 Å². The highest BCUT2D eigenvalue weighted by molar-refractivity contribution is 6.36. The van der Waals surface area contributed by atoms with Crippen LogP contribution in [-0.2, 0) is 6.54 Å². The molecule has 0 atom stereocenters. The third kappa shape index (κ3) is 2.47. The molecule has 0 bridgehead atoms. The predicted octanol–water partition coefficient (Wildman–Crippen LogP) is 4.56. The molecule has 102 valence electrons. The molecule has 3 aromatic rings. The second-order valence-corrected chi connectivity index (χ2v) is 5.39. The van der Waals surface area contributed by atoms with Gasteiger partial charge >= 0.3 is 0 Å². The Labute approximate surface area is 127 Å². The molecule has 0 fully saturated rings. The Balaban J connectivity index is 1.88. The van der Waals surface area contributed by atoms with E-state index in [-0.39, 0.29) is 0 Å². The summed E-state index contributed by atoms with van der Waals surface area (Å²) in [7, 11) is 0. The van der Waals surface area contributed by atoms with E-state index >= 15 is 0 Å². The molecule has 5 heteroatoms. The largest absolute Gasteiger partial charge is 0.378 e. The van der Waals surface area contributed by atoms with Crippen molar-refractivity contribution in [1.29, 1.82) is 0 Å². The summed E-state index contributed by atoms with van der Waals surface area (Å²) >= 11 is 12.1. The van der Waals surface area contributed by atoms with Crippen LogP contribution in [-0.4, -0.2) is 9.38 Å². The van der Waals surface area contributed by atoms with Crippen LogP contribution < -0.4 is 5.32 Å². The highest BCUT2D eigenvalue weighted by atomic mass is 35.5. The minimum absolute atomic E-state index is 0.615. The monoisotopic (exact) mass is 305 g/mol. The average molecular weight is 306 g/mol. The summed E-state index contributed by atoms with van der Waals surface area (Å²) in [5.74, 6) is 0. The van der Waals surface area contributed by atoms with Crippen LogP contribution in [0.5, 0.6) is 0 Å². The second kappa shape index (κ2) is 5.35. The van der Waals surface area contributed by atoms with E-state index in [0.717, 1.165) is 22.7 Å². The number of anilines is 1. The lowest BCUT2D eigenvalue weighted by Gasteiger charge is -2.09. The number of benzene rings is 1. The van der Waals surface area contributed by atoms with Crippen LogP contribution in [0.3, 0.4) is 0 Å². The van der Waals surface area contributed by atoms with Crippen molar-refractivity contribution in [3.8, 4) is 0 Å². The fourth-order valence-electron chi connectivity index (χ4n) is 2.19. The Kier molecular flexibility index (Phi) is 3.55. The SMILES string of the molecule is Cc1nc2ccccn2c1CNc1ccc(Cl)cc1Cl. The van der Waals surface area contributed by atoms with Gasteiger partial charge in [-0.1, -0.05) is 29.3 Å². The van der Waals surface area contributed by atoms with Gasteiger partial charge in [0.1, 0.15) is 5.65 Å². The lowest BCUT2D eigenvalue weighted by atomic mass is 10.3. The van der Waals surface area contributed by atoms with E-state index in [0.29, 0.717) is 16.6 Å². The lowest BCUT2D eigenvalue weighted by molar-refractivity contribution is 0.987. The average Bonchev–Trinajstić information content (AvgIpc) is 2.74. The smallest absolute Gasteiger partial charge is 0.137 e. The van der Waals surface area contributed by atoms with Crippen molar-refractivity contribution < 1.29 is 0 Å². The number of halogens is 2. The topological polar surface area (TPSA) is 29.3 Å². The molecule has 0 spiro atoms. The first-order valence-corrected chi connectivity index (χ1v) is 7.02. The van der Waals surface area contributed by atoms with Crippen molar-refractivity contribution in [2.75, 3.05) is 5.32 Å². The summed E-state index contributed by atoms with van der Waals surface area (Å²) in [6, 6.07) is 11.4. The van der Waals surface area contributed by atoms with E-state index in [2.05, 4.69) is 14.7 Å². The second-order valence-electron chi connectivity index (χ2n) is 4.55. The lowest BCUT2D eigenvalue weighted by Crippen LogP contribution is -2.04. The quantitative estimate of drug-likeness (QED) is 0.768. The molecule has 2 aromatic heterocycles. The molecule has 3 nitrogen and oxygen atoms in total. The van der Waals surface area contributed by atoms with Crippen LogP contribution in [0, 0.1) is 6.92 Å². The highest BCUT2D eigenvalue weighted by Gasteiger charge is 2.08. The number of hydrogen-bond acceptors (Lipinski definition) is 2. The number of nitrogens with one attached hydrogen (secondary N) is 1. The van der Waals surface area contributed by atoms with Gasteiger partial charge in [0.05, 0.1) is 28.6 Å². The van der Waals surface area contributed by atoms with Crippen molar-refractivity contribution in [3.63, 3.8) is 0 Å². The molecule has 0 aliphatic heterocycles. The predicted molar refractivity (Wildman–Crippen MR) is 83.7 cm³/mol. The Morgan fingerprint density at radius 2 is 2.05 bits per heavy atom. The Bertz CT molecular complexity index is 765. The molecule has 0 radical (unpaired) electrons. The molecule has 0 saturated carbocycles. The molecular weight excluding hydrogens is 293 g/mol. The van der Waals surface area contributed by atoms with Crippen molar-refractivity contribution in [2.24, 2.45) is 0 Å². The summed E-state index contributed by atoms with van der Waals surface area (Å²) in [6.07, 6.45) is 2.01. The third-order valence-corrected chi connectivity index (χ3v) is 3.75. The first kappa shape index (κ1) is 13.3. The minimum Gasteiger partial charge on any atom is -0.378 e. The molecule has 0 aliphatic carbocycles. The van der Waals surface area contributed by atoms with Crippen LogP contribution in [0.1, 0.15) is 11.4 Å². The van der Waals surface area contributed by atoms with Crippen LogP contribution >= 0.6 is 23.2 Å². The van der Waals surface area contributed by atoms with Gasteiger partial charge in [0.15, 0.2) is 0 Å². The van der Waals surface area contributed by atoms with Gasteiger partial charge in [0, 0.05) is 11.2 Å². The molecule has 0 amide bonds. The Morgan fingerprint density at radius 1 is 1.20 bits per heavy atom. The molecule has 0 saturated heterocycles. The Morgan fingerprint density at radius 3 is 2.85 bits per heavy atom. The van der Waals surface area contributed by atoms with E-state index in [1.54, 1.807) is 6.07 Å². The number of pyridine rings is 1. The number of fused-ring (bicyclic) bond motifs is 1. The number of hydrogen-bond donors (Lipinski definition) is 1. The van der Waals surface area contributed by atoms with Gasteiger partial charge in [-0.05, 0) is 37.3 Å². The van der Waals surface area contributed by atoms with Crippen LogP contribution in [0.2, 0.25) is 10.0 Å². The molecule has 20 heavy (non-hydrogen) atoms. The normalized spacial score (nSPS) is 10.9. The molecule has 0 unspecified atom stereocenters. The first-order valence-electron chi connectivity index (χ1n) is 6.26. The summed E-state index contributed by atoms with van der Waals surface area (Å²) in [6.45, 7) is 2.66. The zero-order valence-electron chi connectivity index (χ0n) is 10.9. The van der Waals surface area contributed by atoms with E-state index in [1.807, 2.05) is 43.5 Å². The van der Waals surface area contributed by atoms with Gasteiger partial charge in [0.25, 0.3) is 0 Å². The standard InChI is InChI=1S/C15H13Cl2N3/c1-10-14(20-7-3-2-4-15(20)19-10)9-18-13-6-5-11(16)8-12(13)17/h2-8,18H,9H2,1H3. The van der Waals surface area contributed by atoms with Crippen molar-refractivity contribution in [3.05, 3.63) is 64.0 Å². The van der Waals surface area contributed by atoms with Gasteiger partial charge in [-0.2, -0.15) is 0 Å². The van der Waals surface area contributed by atoms with Gasteiger partial charge in [-0.15, -0.1) is 0 Å². The number of aromatic nitrogens is 2. The van der Waals surface area contributed by atoms with E-state index < -0.39 is 0 Å². The summed E-state index contributed by atoms with van der Waals surface area (Å²) in [5, 5.41) is 4.57. The summed E-state index contributed by atoms with van der Waals surface area (Å²) in [5.41, 5.74) is 3.94. The molecule has 1 aromatic carbocycles. The van der Waals surface area contributed by atoms with Gasteiger partial charge < -0.3 is 9.72 Å². The molecular formula is C15H13Cl2N3. The maximum Gasteiger partial charge on any atom is 0.137 e. The fourth-order valence-corrected chi connectivity index (χ4v) is 2.66. The molecule has 3 rings (SSSR count). The third-order valence-electron chi connectivity index (χ3n) is 3.21. The van der Waals surface area contributed by atoms with Gasteiger partial charge in [-0.3, -0.25) is 0 Å². The van der Waals surface area contributed by atoms with Crippen molar-refractivity contribution in [2.45, 2.75) is 13.5 Å². The fraction of sp³-hybridized carbons (Fsp3) is 0.133. The number of rotatable bonds is 3. The van der Waals surface area contributed by atoms with Gasteiger partial charge in [-0.25, -0.2) is 4.98 Å². The molecule has 0 aliphatic rings. The summed E-state index contributed by atoms with van der Waals surface area (Å²) in [4.78, 5) is 4.53. The van der Waals surface area contributed by atoms with Gasteiger partial charge in [0.2, 0.25) is 0 Å². The van der Waals surface area contributed by atoms with Crippen molar-refractivity contribution >= 4 is 34.5 Å².